The van der Waals surface area contributed by atoms with Gasteiger partial charge in [-0.2, -0.15) is 0 Å². The van der Waals surface area contributed by atoms with Crippen LogP contribution in [-0.2, 0) is 6.42 Å². The third-order valence-electron chi connectivity index (χ3n) is 3.63. The van der Waals surface area contributed by atoms with E-state index in [2.05, 4.69) is 18.8 Å². The third kappa shape index (κ3) is 2.30. The first-order valence-electron chi connectivity index (χ1n) is 6.56. The van der Waals surface area contributed by atoms with Gasteiger partial charge in [0.25, 0.3) is 0 Å². The van der Waals surface area contributed by atoms with Crippen LogP contribution < -0.4 is 0 Å². The largest absolute Gasteiger partial charge is 0.387 e. The van der Waals surface area contributed by atoms with E-state index in [1.165, 1.54) is 0 Å². The van der Waals surface area contributed by atoms with Crippen LogP contribution in [-0.4, -0.2) is 15.1 Å². The average Bonchev–Trinajstić information content (AvgIpc) is 2.71. The summed E-state index contributed by atoms with van der Waals surface area (Å²) >= 11 is 1.59. The lowest BCUT2D eigenvalue weighted by Gasteiger charge is -2.31. The van der Waals surface area contributed by atoms with Gasteiger partial charge in [-0.3, -0.25) is 4.98 Å². The predicted molar refractivity (Wildman–Crippen MR) is 77.1 cm³/mol. The van der Waals surface area contributed by atoms with Crippen LogP contribution in [0.4, 0.5) is 0 Å². The van der Waals surface area contributed by atoms with Crippen LogP contribution in [0.5, 0.6) is 0 Å². The van der Waals surface area contributed by atoms with E-state index in [4.69, 9.17) is 4.98 Å². The molecule has 0 amide bonds. The van der Waals surface area contributed by atoms with Crippen LogP contribution in [0.25, 0.3) is 10.7 Å². The van der Waals surface area contributed by atoms with Crippen LogP contribution in [0.3, 0.4) is 0 Å². The zero-order valence-corrected chi connectivity index (χ0v) is 12.3. The first-order valence-corrected chi connectivity index (χ1v) is 7.37. The summed E-state index contributed by atoms with van der Waals surface area (Å²) in [5, 5.41) is 11.2. The van der Waals surface area contributed by atoms with Crippen molar-refractivity contribution in [3.63, 3.8) is 0 Å². The summed E-state index contributed by atoms with van der Waals surface area (Å²) in [6, 6.07) is 3.98. The Bertz CT molecular complexity index is 618. The highest BCUT2D eigenvalue weighted by Gasteiger charge is 2.34. The molecule has 4 heteroatoms. The second-order valence-corrected chi connectivity index (χ2v) is 7.09. The number of hydrogen-bond donors (Lipinski definition) is 1. The minimum atomic E-state index is -0.381. The lowest BCUT2D eigenvalue weighted by atomic mass is 9.77. The smallest absolute Gasteiger partial charge is 0.142 e. The molecule has 3 rings (SSSR count). The topological polar surface area (TPSA) is 46.0 Å². The maximum absolute atomic E-state index is 10.3. The Morgan fingerprint density at radius 3 is 2.95 bits per heavy atom. The molecule has 0 aliphatic heterocycles. The molecule has 0 saturated heterocycles. The monoisotopic (exact) mass is 274 g/mol. The lowest BCUT2D eigenvalue weighted by molar-refractivity contribution is 0.102. The summed E-state index contributed by atoms with van der Waals surface area (Å²) in [5.74, 6) is 0. The van der Waals surface area contributed by atoms with E-state index in [0.29, 0.717) is 0 Å². The highest BCUT2D eigenvalue weighted by Crippen LogP contribution is 2.44. The van der Waals surface area contributed by atoms with Crippen molar-refractivity contribution in [1.82, 2.24) is 9.97 Å². The third-order valence-corrected chi connectivity index (χ3v) is 4.84. The Hall–Kier alpha value is -1.26. The van der Waals surface area contributed by atoms with Gasteiger partial charge in [-0.25, -0.2) is 4.98 Å². The lowest BCUT2D eigenvalue weighted by Crippen LogP contribution is -2.24. The maximum Gasteiger partial charge on any atom is 0.142 e. The van der Waals surface area contributed by atoms with Crippen LogP contribution in [0.2, 0.25) is 0 Å². The molecule has 1 atom stereocenters. The molecule has 1 aliphatic carbocycles. The SMILES string of the molecule is Cc1cccnc1-c1nc2c(s1)C(O)CC(C)(C)C2. The minimum Gasteiger partial charge on any atom is -0.387 e. The molecule has 100 valence electrons. The van der Waals surface area contributed by atoms with Crippen molar-refractivity contribution in [3.8, 4) is 10.7 Å². The summed E-state index contributed by atoms with van der Waals surface area (Å²) in [6.45, 7) is 6.41. The summed E-state index contributed by atoms with van der Waals surface area (Å²) in [5.41, 5.74) is 3.24. The Morgan fingerprint density at radius 1 is 1.42 bits per heavy atom. The van der Waals surface area contributed by atoms with Crippen LogP contribution in [0.1, 0.15) is 42.5 Å². The molecule has 3 nitrogen and oxygen atoms in total. The predicted octanol–water partition coefficient (Wildman–Crippen LogP) is 3.52. The number of thiazole rings is 1. The number of fused-ring (bicyclic) bond motifs is 1. The van der Waals surface area contributed by atoms with Gasteiger partial charge in [0.1, 0.15) is 10.7 Å². The molecule has 0 bridgehead atoms. The number of aryl methyl sites for hydroxylation is 1. The van der Waals surface area contributed by atoms with Crippen molar-refractivity contribution in [2.75, 3.05) is 0 Å². The van der Waals surface area contributed by atoms with Crippen LogP contribution >= 0.6 is 11.3 Å². The molecule has 2 aromatic heterocycles. The molecule has 1 aliphatic rings. The van der Waals surface area contributed by atoms with Crippen molar-refractivity contribution in [3.05, 3.63) is 34.5 Å². The highest BCUT2D eigenvalue weighted by molar-refractivity contribution is 7.15. The van der Waals surface area contributed by atoms with Crippen molar-refractivity contribution in [1.29, 1.82) is 0 Å². The Labute approximate surface area is 117 Å². The minimum absolute atomic E-state index is 0.122. The number of aliphatic hydroxyl groups is 1. The van der Waals surface area contributed by atoms with Gasteiger partial charge in [-0.05, 0) is 36.8 Å². The van der Waals surface area contributed by atoms with Gasteiger partial charge in [0.05, 0.1) is 16.7 Å². The first-order chi connectivity index (χ1) is 8.96. The standard InChI is InChI=1S/C15H18N2OS/c1-9-5-4-6-16-12(9)14-17-10-7-15(2,3)8-11(18)13(10)19-14/h4-6,11,18H,7-8H2,1-3H3. The maximum atomic E-state index is 10.3. The summed E-state index contributed by atoms with van der Waals surface area (Å²) < 4.78 is 0. The van der Waals surface area contributed by atoms with Gasteiger partial charge in [-0.15, -0.1) is 11.3 Å². The molecule has 2 aromatic rings. The van der Waals surface area contributed by atoms with Crippen molar-refractivity contribution < 1.29 is 5.11 Å². The number of hydrogen-bond acceptors (Lipinski definition) is 4. The summed E-state index contributed by atoms with van der Waals surface area (Å²) in [6.07, 6.45) is 3.15. The molecule has 19 heavy (non-hydrogen) atoms. The number of nitrogens with zero attached hydrogens (tertiary/aromatic N) is 2. The molecular formula is C15H18N2OS. The Balaban J connectivity index is 2.07. The van der Waals surface area contributed by atoms with E-state index >= 15 is 0 Å². The number of aromatic nitrogens is 2. The number of aliphatic hydroxyl groups excluding tert-OH is 1. The van der Waals surface area contributed by atoms with Gasteiger partial charge in [0.15, 0.2) is 0 Å². The molecule has 0 radical (unpaired) electrons. The zero-order valence-electron chi connectivity index (χ0n) is 11.5. The van der Waals surface area contributed by atoms with Crippen LogP contribution in [0, 0.1) is 12.3 Å². The van der Waals surface area contributed by atoms with Gasteiger partial charge in [-0.1, -0.05) is 19.9 Å². The first kappa shape index (κ1) is 12.8. The second-order valence-electron chi connectivity index (χ2n) is 6.06. The fraction of sp³-hybridized carbons (Fsp3) is 0.467. The van der Waals surface area contributed by atoms with Crippen LogP contribution in [0.15, 0.2) is 18.3 Å². The molecule has 1 unspecified atom stereocenters. The van der Waals surface area contributed by atoms with Crippen molar-refractivity contribution in [2.45, 2.75) is 39.7 Å². The summed E-state index contributed by atoms with van der Waals surface area (Å²) in [4.78, 5) is 10.2. The van der Waals surface area contributed by atoms with Crippen molar-refractivity contribution in [2.24, 2.45) is 5.41 Å². The molecule has 0 saturated carbocycles. The molecule has 0 spiro atoms. The second kappa shape index (κ2) is 4.39. The summed E-state index contributed by atoms with van der Waals surface area (Å²) in [7, 11) is 0. The van der Waals surface area contributed by atoms with E-state index in [0.717, 1.165) is 39.7 Å². The number of pyridine rings is 1. The fourth-order valence-corrected chi connectivity index (χ4v) is 3.83. The molecule has 2 heterocycles. The van der Waals surface area contributed by atoms with E-state index in [1.807, 2.05) is 19.1 Å². The highest BCUT2D eigenvalue weighted by atomic mass is 32.1. The molecule has 0 fully saturated rings. The van der Waals surface area contributed by atoms with Crippen molar-refractivity contribution >= 4 is 11.3 Å². The van der Waals surface area contributed by atoms with Gasteiger partial charge in [0, 0.05) is 6.20 Å². The van der Waals surface area contributed by atoms with Gasteiger partial charge in [0.2, 0.25) is 0 Å². The zero-order chi connectivity index (χ0) is 13.6. The van der Waals surface area contributed by atoms with Gasteiger partial charge < -0.3 is 5.11 Å². The quantitative estimate of drug-likeness (QED) is 0.865. The average molecular weight is 274 g/mol. The van der Waals surface area contributed by atoms with E-state index < -0.39 is 0 Å². The molecule has 1 N–H and O–H groups in total. The van der Waals surface area contributed by atoms with Gasteiger partial charge >= 0.3 is 0 Å². The fourth-order valence-electron chi connectivity index (χ4n) is 2.70. The normalized spacial score (nSPS) is 21.2. The Kier molecular flexibility index (Phi) is 2.95. The van der Waals surface area contributed by atoms with E-state index in [9.17, 15) is 5.11 Å². The van der Waals surface area contributed by atoms with E-state index in [1.54, 1.807) is 17.5 Å². The molecule has 0 aromatic carbocycles. The number of rotatable bonds is 1. The van der Waals surface area contributed by atoms with E-state index in [-0.39, 0.29) is 11.5 Å². The Morgan fingerprint density at radius 2 is 2.21 bits per heavy atom. The molecular weight excluding hydrogens is 256 g/mol.